The van der Waals surface area contributed by atoms with Gasteiger partial charge in [-0.05, 0) is 31.5 Å². The molecule has 0 unspecified atom stereocenters. The molecule has 0 atom stereocenters. The smallest absolute Gasteiger partial charge is 0.141 e. The average Bonchev–Trinajstić information content (AvgIpc) is 2.99. The molecule has 0 spiro atoms. The Morgan fingerprint density at radius 3 is 2.64 bits per heavy atom. The van der Waals surface area contributed by atoms with E-state index in [1.165, 1.54) is 21.4 Å². The lowest BCUT2D eigenvalue weighted by Crippen LogP contribution is -2.44. The minimum absolute atomic E-state index is 0.681. The van der Waals surface area contributed by atoms with Crippen LogP contribution in [-0.2, 0) is 0 Å². The Hall–Kier alpha value is -2.18. The second-order valence-electron chi connectivity index (χ2n) is 6.11. The van der Waals surface area contributed by atoms with E-state index in [-0.39, 0.29) is 0 Å². The van der Waals surface area contributed by atoms with Gasteiger partial charge in [-0.2, -0.15) is 0 Å². The third-order valence-corrected chi connectivity index (χ3v) is 5.53. The third-order valence-electron chi connectivity index (χ3n) is 4.51. The zero-order valence-electron chi connectivity index (χ0n) is 14.6. The van der Waals surface area contributed by atoms with Gasteiger partial charge in [0.05, 0.1) is 12.0 Å². The molecular weight excluding hydrogens is 332 g/mol. The molecule has 25 heavy (non-hydrogen) atoms. The molecular formula is C19H22N4OS. The zero-order valence-corrected chi connectivity index (χ0v) is 15.4. The molecule has 1 saturated heterocycles. The molecule has 6 heteroatoms. The highest BCUT2D eigenvalue weighted by atomic mass is 32.1. The zero-order chi connectivity index (χ0) is 17.2. The Kier molecular flexibility index (Phi) is 4.55. The van der Waals surface area contributed by atoms with Crippen molar-refractivity contribution < 1.29 is 4.74 Å². The van der Waals surface area contributed by atoms with Gasteiger partial charge >= 0.3 is 0 Å². The number of aryl methyl sites for hydroxylation is 1. The number of rotatable bonds is 4. The Bertz CT molecular complexity index is 869. The van der Waals surface area contributed by atoms with Crippen LogP contribution in [0.25, 0.3) is 21.3 Å². The predicted octanol–water partition coefficient (Wildman–Crippen LogP) is 3.48. The summed E-state index contributed by atoms with van der Waals surface area (Å²) in [4.78, 5) is 13.9. The van der Waals surface area contributed by atoms with Crippen molar-refractivity contribution in [1.29, 1.82) is 0 Å². The van der Waals surface area contributed by atoms with E-state index < -0.39 is 0 Å². The molecule has 1 aliphatic rings. The van der Waals surface area contributed by atoms with Gasteiger partial charge in [0.2, 0.25) is 0 Å². The lowest BCUT2D eigenvalue weighted by molar-refractivity contribution is 0.340. The van der Waals surface area contributed by atoms with Crippen molar-refractivity contribution in [2.45, 2.75) is 13.8 Å². The predicted molar refractivity (Wildman–Crippen MR) is 104 cm³/mol. The summed E-state index contributed by atoms with van der Waals surface area (Å²) in [6.45, 7) is 8.79. The van der Waals surface area contributed by atoms with E-state index in [2.05, 4.69) is 39.2 Å². The lowest BCUT2D eigenvalue weighted by Gasteiger charge is -2.29. The van der Waals surface area contributed by atoms with Crippen LogP contribution >= 0.6 is 11.3 Å². The number of nitrogens with one attached hydrogen (secondary N) is 1. The van der Waals surface area contributed by atoms with E-state index in [0.717, 1.165) is 42.6 Å². The first-order valence-corrected chi connectivity index (χ1v) is 9.52. The molecule has 5 nitrogen and oxygen atoms in total. The minimum atomic E-state index is 0.681. The van der Waals surface area contributed by atoms with Crippen molar-refractivity contribution in [2.24, 2.45) is 0 Å². The number of benzene rings is 1. The maximum atomic E-state index is 5.58. The summed E-state index contributed by atoms with van der Waals surface area (Å²) in [5, 5.41) is 4.58. The van der Waals surface area contributed by atoms with E-state index >= 15 is 0 Å². The van der Waals surface area contributed by atoms with Crippen LogP contribution in [0.1, 0.15) is 11.8 Å². The Labute approximate surface area is 151 Å². The summed E-state index contributed by atoms with van der Waals surface area (Å²) in [6, 6.07) is 8.34. The molecule has 1 fully saturated rings. The summed E-state index contributed by atoms with van der Waals surface area (Å²) in [6.07, 6.45) is 1.69. The van der Waals surface area contributed by atoms with Gasteiger partial charge in [0.1, 0.15) is 22.7 Å². The molecule has 0 saturated carbocycles. The largest absolute Gasteiger partial charge is 0.494 e. The first kappa shape index (κ1) is 16.3. The number of nitrogens with zero attached hydrogens (tertiary/aromatic N) is 3. The highest BCUT2D eigenvalue weighted by Crippen LogP contribution is 2.41. The monoisotopic (exact) mass is 354 g/mol. The third kappa shape index (κ3) is 3.07. The second kappa shape index (κ2) is 6.98. The van der Waals surface area contributed by atoms with E-state index in [9.17, 15) is 0 Å². The van der Waals surface area contributed by atoms with E-state index in [0.29, 0.717) is 6.61 Å². The van der Waals surface area contributed by atoms with Gasteiger partial charge in [0, 0.05) is 36.6 Å². The molecule has 3 heterocycles. The molecule has 0 radical (unpaired) electrons. The number of hydrogen-bond acceptors (Lipinski definition) is 6. The van der Waals surface area contributed by atoms with Crippen LogP contribution in [0.4, 0.5) is 5.82 Å². The fourth-order valence-electron chi connectivity index (χ4n) is 3.38. The normalized spacial score (nSPS) is 14.9. The van der Waals surface area contributed by atoms with Gasteiger partial charge in [0.25, 0.3) is 0 Å². The molecule has 3 aromatic rings. The van der Waals surface area contributed by atoms with E-state index in [1.54, 1.807) is 17.7 Å². The summed E-state index contributed by atoms with van der Waals surface area (Å²) < 4.78 is 5.58. The highest BCUT2D eigenvalue weighted by molar-refractivity contribution is 7.19. The number of anilines is 1. The molecule has 4 rings (SSSR count). The molecule has 1 aliphatic heterocycles. The van der Waals surface area contributed by atoms with Crippen molar-refractivity contribution >= 4 is 27.4 Å². The minimum Gasteiger partial charge on any atom is -0.494 e. The van der Waals surface area contributed by atoms with Crippen molar-refractivity contribution in [1.82, 2.24) is 15.3 Å². The van der Waals surface area contributed by atoms with Crippen LogP contribution in [-0.4, -0.2) is 42.8 Å². The Morgan fingerprint density at radius 2 is 1.92 bits per heavy atom. The summed E-state index contributed by atoms with van der Waals surface area (Å²) in [7, 11) is 0. The van der Waals surface area contributed by atoms with Crippen molar-refractivity contribution in [3.8, 4) is 16.9 Å². The van der Waals surface area contributed by atoms with Crippen molar-refractivity contribution in [3.63, 3.8) is 0 Å². The quantitative estimate of drug-likeness (QED) is 0.777. The molecule has 0 bridgehead atoms. The number of thiophene rings is 1. The molecule has 2 aromatic heterocycles. The average molecular weight is 354 g/mol. The van der Waals surface area contributed by atoms with Crippen molar-refractivity contribution in [2.75, 3.05) is 37.7 Å². The van der Waals surface area contributed by atoms with Gasteiger partial charge in [-0.1, -0.05) is 12.1 Å². The van der Waals surface area contributed by atoms with Crippen LogP contribution in [0.5, 0.6) is 5.75 Å². The number of hydrogen-bond donors (Lipinski definition) is 1. The second-order valence-corrected chi connectivity index (χ2v) is 7.31. The molecule has 130 valence electrons. The van der Waals surface area contributed by atoms with E-state index in [4.69, 9.17) is 4.74 Å². The highest BCUT2D eigenvalue weighted by Gasteiger charge is 2.21. The first-order valence-electron chi connectivity index (χ1n) is 8.71. The van der Waals surface area contributed by atoms with Crippen LogP contribution in [0.15, 0.2) is 30.6 Å². The van der Waals surface area contributed by atoms with E-state index in [1.807, 2.05) is 19.1 Å². The van der Waals surface area contributed by atoms with Crippen LogP contribution < -0.4 is 15.0 Å². The summed E-state index contributed by atoms with van der Waals surface area (Å²) >= 11 is 1.74. The Morgan fingerprint density at radius 1 is 1.16 bits per heavy atom. The summed E-state index contributed by atoms with van der Waals surface area (Å²) in [5.74, 6) is 1.96. The Balaban J connectivity index is 1.83. The molecule has 0 amide bonds. The van der Waals surface area contributed by atoms with Gasteiger partial charge in [0.15, 0.2) is 0 Å². The van der Waals surface area contributed by atoms with Gasteiger partial charge in [-0.3, -0.25) is 0 Å². The lowest BCUT2D eigenvalue weighted by atomic mass is 10.0. The topological polar surface area (TPSA) is 50.3 Å². The fourth-order valence-corrected chi connectivity index (χ4v) is 4.38. The molecule has 1 N–H and O–H groups in total. The van der Waals surface area contributed by atoms with Crippen LogP contribution in [0.2, 0.25) is 0 Å². The standard InChI is InChI=1S/C19H22N4OS/c1-3-24-15-6-4-14(5-7-15)16-13(2)25-19-17(16)18(21-12-22-19)23-10-8-20-9-11-23/h4-7,12,20H,3,8-11H2,1-2H3. The summed E-state index contributed by atoms with van der Waals surface area (Å²) in [5.41, 5.74) is 2.44. The SMILES string of the molecule is CCOc1ccc(-c2c(C)sc3ncnc(N4CCNCC4)c23)cc1. The van der Waals surface area contributed by atoms with Crippen LogP contribution in [0.3, 0.4) is 0 Å². The molecule has 1 aromatic carbocycles. The number of fused-ring (bicyclic) bond motifs is 1. The van der Waals surface area contributed by atoms with Crippen LogP contribution in [0, 0.1) is 6.92 Å². The maximum absolute atomic E-state index is 5.58. The number of ether oxygens (including phenoxy) is 1. The van der Waals surface area contributed by atoms with Gasteiger partial charge in [-0.25, -0.2) is 9.97 Å². The molecule has 0 aliphatic carbocycles. The fraction of sp³-hybridized carbons (Fsp3) is 0.368. The first-order chi connectivity index (χ1) is 12.3. The number of aromatic nitrogens is 2. The van der Waals surface area contributed by atoms with Crippen molar-refractivity contribution in [3.05, 3.63) is 35.5 Å². The van der Waals surface area contributed by atoms with Gasteiger partial charge in [-0.15, -0.1) is 11.3 Å². The number of piperazine rings is 1. The maximum Gasteiger partial charge on any atom is 0.141 e. The van der Waals surface area contributed by atoms with Gasteiger partial charge < -0.3 is 15.0 Å².